The molecule has 3 saturated heterocycles. The molecular formula is C18H20N4O. The van der Waals surface area contributed by atoms with Crippen LogP contribution in [0.25, 0.3) is 22.4 Å². The average Bonchev–Trinajstić information content (AvgIpc) is 3.21. The second kappa shape index (κ2) is 4.93. The summed E-state index contributed by atoms with van der Waals surface area (Å²) in [4.78, 5) is 2.55. The van der Waals surface area contributed by atoms with Gasteiger partial charge in [0, 0.05) is 23.2 Å². The highest BCUT2D eigenvalue weighted by Gasteiger charge is 2.38. The van der Waals surface area contributed by atoms with E-state index in [0.717, 1.165) is 23.1 Å². The van der Waals surface area contributed by atoms with Gasteiger partial charge in [-0.1, -0.05) is 18.2 Å². The Morgan fingerprint density at radius 3 is 2.74 bits per heavy atom. The van der Waals surface area contributed by atoms with Crippen LogP contribution in [-0.2, 0) is 7.05 Å². The van der Waals surface area contributed by atoms with Crippen LogP contribution < -0.4 is 0 Å². The van der Waals surface area contributed by atoms with Gasteiger partial charge in [0.05, 0.1) is 11.7 Å². The smallest absolute Gasteiger partial charge is 0.208 e. The number of aromatic nitrogens is 3. The Morgan fingerprint density at radius 2 is 2.00 bits per heavy atom. The third-order valence-electron chi connectivity index (χ3n) is 5.66. The summed E-state index contributed by atoms with van der Waals surface area (Å²) in [6.45, 7) is 2.35. The van der Waals surface area contributed by atoms with Crippen molar-refractivity contribution in [1.82, 2.24) is 19.8 Å². The number of benzene rings is 1. The SMILES string of the molecule is Cn1c(-c2onnc2C2CC3CCN2CC3)cc2ccccc21. The summed E-state index contributed by atoms with van der Waals surface area (Å²) in [5.41, 5.74) is 3.28. The Balaban J connectivity index is 1.62. The zero-order chi connectivity index (χ0) is 15.4. The number of para-hydroxylation sites is 1. The number of aryl methyl sites for hydroxylation is 1. The fourth-order valence-corrected chi connectivity index (χ4v) is 4.35. The van der Waals surface area contributed by atoms with E-state index < -0.39 is 0 Å². The van der Waals surface area contributed by atoms with Crippen LogP contribution in [0.3, 0.4) is 0 Å². The van der Waals surface area contributed by atoms with Crippen molar-refractivity contribution in [1.29, 1.82) is 0 Å². The first-order valence-corrected chi connectivity index (χ1v) is 8.42. The molecule has 5 heterocycles. The lowest BCUT2D eigenvalue weighted by Gasteiger charge is -2.44. The van der Waals surface area contributed by atoms with Crippen LogP contribution in [0, 0.1) is 5.92 Å². The normalized spacial score (nSPS) is 26.9. The number of fused-ring (bicyclic) bond motifs is 4. The summed E-state index contributed by atoms with van der Waals surface area (Å²) >= 11 is 0. The van der Waals surface area contributed by atoms with Gasteiger partial charge in [-0.3, -0.25) is 4.90 Å². The molecule has 0 aliphatic carbocycles. The van der Waals surface area contributed by atoms with Crippen LogP contribution in [0.15, 0.2) is 34.9 Å². The molecule has 3 aliphatic rings. The lowest BCUT2D eigenvalue weighted by Crippen LogP contribution is -2.43. The number of hydrogen-bond acceptors (Lipinski definition) is 4. The molecular weight excluding hydrogens is 288 g/mol. The van der Waals surface area contributed by atoms with Gasteiger partial charge >= 0.3 is 0 Å². The van der Waals surface area contributed by atoms with E-state index in [2.05, 4.69) is 57.2 Å². The first kappa shape index (κ1) is 13.3. The number of nitrogens with zero attached hydrogens (tertiary/aromatic N) is 4. The van der Waals surface area contributed by atoms with E-state index in [1.54, 1.807) is 0 Å². The Kier molecular flexibility index (Phi) is 2.85. The molecule has 3 fully saturated rings. The maximum atomic E-state index is 5.61. The molecule has 0 N–H and O–H groups in total. The third kappa shape index (κ3) is 1.96. The highest BCUT2D eigenvalue weighted by Crippen LogP contribution is 2.43. The molecule has 2 aromatic heterocycles. The van der Waals surface area contributed by atoms with Crippen molar-refractivity contribution in [2.45, 2.75) is 25.3 Å². The summed E-state index contributed by atoms with van der Waals surface area (Å²) in [5.74, 6) is 1.67. The van der Waals surface area contributed by atoms with Gasteiger partial charge in [-0.05, 0) is 50.4 Å². The van der Waals surface area contributed by atoms with E-state index in [4.69, 9.17) is 4.52 Å². The zero-order valence-corrected chi connectivity index (χ0v) is 13.3. The second-order valence-electron chi connectivity index (χ2n) is 6.87. The molecule has 1 atom stereocenters. The number of rotatable bonds is 2. The fraction of sp³-hybridized carbons (Fsp3) is 0.444. The first-order chi connectivity index (χ1) is 11.3. The highest BCUT2D eigenvalue weighted by atomic mass is 16.5. The van der Waals surface area contributed by atoms with Gasteiger partial charge < -0.3 is 9.09 Å². The van der Waals surface area contributed by atoms with Gasteiger partial charge in [0.1, 0.15) is 5.69 Å². The van der Waals surface area contributed by atoms with Gasteiger partial charge in [-0.25, -0.2) is 0 Å². The number of piperidine rings is 3. The molecule has 0 radical (unpaired) electrons. The molecule has 0 amide bonds. The molecule has 6 rings (SSSR count). The maximum Gasteiger partial charge on any atom is 0.208 e. The standard InChI is InChI=1S/C18H20N4O/c1-21-14-5-3-2-4-13(14)11-16(21)18-17(19-20-23-18)15-10-12-6-8-22(15)9-7-12/h2-5,11-12,15H,6-10H2,1H3. The molecule has 0 spiro atoms. The summed E-state index contributed by atoms with van der Waals surface area (Å²) in [5, 5.41) is 9.50. The van der Waals surface area contributed by atoms with Crippen LogP contribution in [-0.4, -0.2) is 32.9 Å². The minimum Gasteiger partial charge on any atom is -0.341 e. The van der Waals surface area contributed by atoms with Crippen LogP contribution in [0.1, 0.15) is 31.0 Å². The fourth-order valence-electron chi connectivity index (χ4n) is 4.35. The molecule has 118 valence electrons. The molecule has 1 aromatic carbocycles. The van der Waals surface area contributed by atoms with Crippen LogP contribution in [0.5, 0.6) is 0 Å². The second-order valence-corrected chi connectivity index (χ2v) is 6.87. The predicted octanol–water partition coefficient (Wildman–Crippen LogP) is 3.39. The molecule has 23 heavy (non-hydrogen) atoms. The third-order valence-corrected chi connectivity index (χ3v) is 5.66. The predicted molar refractivity (Wildman–Crippen MR) is 87.9 cm³/mol. The Morgan fingerprint density at radius 1 is 1.17 bits per heavy atom. The maximum absolute atomic E-state index is 5.61. The Bertz CT molecular complexity index is 857. The van der Waals surface area contributed by atoms with E-state index in [0.29, 0.717) is 6.04 Å². The highest BCUT2D eigenvalue weighted by molar-refractivity contribution is 5.86. The van der Waals surface area contributed by atoms with E-state index >= 15 is 0 Å². The minimum atomic E-state index is 0.363. The van der Waals surface area contributed by atoms with Gasteiger partial charge in [-0.2, -0.15) is 0 Å². The molecule has 0 saturated carbocycles. The Hall–Kier alpha value is -2.14. The topological polar surface area (TPSA) is 47.1 Å². The summed E-state index contributed by atoms with van der Waals surface area (Å²) in [7, 11) is 2.08. The molecule has 1 unspecified atom stereocenters. The summed E-state index contributed by atoms with van der Waals surface area (Å²) in [6, 6.07) is 10.9. The molecule has 5 heteroatoms. The lowest BCUT2D eigenvalue weighted by molar-refractivity contribution is 0.0470. The van der Waals surface area contributed by atoms with E-state index in [1.807, 2.05) is 0 Å². The lowest BCUT2D eigenvalue weighted by atomic mass is 9.82. The van der Waals surface area contributed by atoms with Crippen molar-refractivity contribution in [3.05, 3.63) is 36.0 Å². The van der Waals surface area contributed by atoms with E-state index in [9.17, 15) is 0 Å². The van der Waals surface area contributed by atoms with E-state index in [-0.39, 0.29) is 0 Å². The van der Waals surface area contributed by atoms with Crippen molar-refractivity contribution in [3.63, 3.8) is 0 Å². The van der Waals surface area contributed by atoms with Crippen molar-refractivity contribution in [3.8, 4) is 11.5 Å². The van der Waals surface area contributed by atoms with E-state index in [1.165, 1.54) is 43.3 Å². The van der Waals surface area contributed by atoms with Gasteiger partial charge in [-0.15, -0.1) is 5.10 Å². The summed E-state index contributed by atoms with van der Waals surface area (Å²) < 4.78 is 7.79. The van der Waals surface area contributed by atoms with Crippen LogP contribution >= 0.6 is 0 Å². The van der Waals surface area contributed by atoms with Gasteiger partial charge in [0.15, 0.2) is 0 Å². The van der Waals surface area contributed by atoms with Crippen LogP contribution in [0.4, 0.5) is 0 Å². The van der Waals surface area contributed by atoms with Crippen molar-refractivity contribution in [2.24, 2.45) is 13.0 Å². The Labute approximate surface area is 134 Å². The van der Waals surface area contributed by atoms with Crippen LogP contribution in [0.2, 0.25) is 0 Å². The monoisotopic (exact) mass is 308 g/mol. The largest absolute Gasteiger partial charge is 0.341 e. The minimum absolute atomic E-state index is 0.363. The van der Waals surface area contributed by atoms with Crippen molar-refractivity contribution >= 4 is 10.9 Å². The molecule has 3 aliphatic heterocycles. The molecule has 3 aromatic rings. The van der Waals surface area contributed by atoms with Gasteiger partial charge in [0.2, 0.25) is 5.76 Å². The van der Waals surface area contributed by atoms with Crippen molar-refractivity contribution < 1.29 is 4.52 Å². The zero-order valence-electron chi connectivity index (χ0n) is 13.3. The first-order valence-electron chi connectivity index (χ1n) is 8.42. The van der Waals surface area contributed by atoms with Crippen molar-refractivity contribution in [2.75, 3.05) is 13.1 Å². The number of hydrogen-bond donors (Lipinski definition) is 0. The summed E-state index contributed by atoms with van der Waals surface area (Å²) in [6.07, 6.45) is 3.83. The quantitative estimate of drug-likeness (QED) is 0.728. The van der Waals surface area contributed by atoms with Gasteiger partial charge in [0.25, 0.3) is 0 Å². The average molecular weight is 308 g/mol. The molecule has 5 nitrogen and oxygen atoms in total. The molecule has 2 bridgehead atoms.